The molecule has 1 atom stereocenters. The predicted molar refractivity (Wildman–Crippen MR) is 86.0 cm³/mol. The minimum atomic E-state index is 0.0147. The smallest absolute Gasteiger partial charge is 0.274 e. The van der Waals surface area contributed by atoms with Crippen molar-refractivity contribution in [2.24, 2.45) is 5.92 Å². The average molecular weight is 303 g/mol. The van der Waals surface area contributed by atoms with Gasteiger partial charge in [-0.1, -0.05) is 0 Å². The monoisotopic (exact) mass is 303 g/mol. The first-order valence-electron chi connectivity index (χ1n) is 8.14. The van der Waals surface area contributed by atoms with E-state index in [1.807, 2.05) is 11.9 Å². The van der Waals surface area contributed by atoms with E-state index < -0.39 is 0 Å². The van der Waals surface area contributed by atoms with Gasteiger partial charge in [0.05, 0.1) is 12.4 Å². The fourth-order valence-corrected chi connectivity index (χ4v) is 3.38. The van der Waals surface area contributed by atoms with Crippen LogP contribution in [0.15, 0.2) is 12.4 Å². The van der Waals surface area contributed by atoms with Crippen molar-refractivity contribution in [1.29, 1.82) is 0 Å². The number of carbonyl (C=O) groups excluding carboxylic acids is 1. The number of likely N-dealkylation sites (tertiary alicyclic amines) is 2. The number of aromatic nitrogens is 2. The van der Waals surface area contributed by atoms with Gasteiger partial charge in [0.25, 0.3) is 5.91 Å². The van der Waals surface area contributed by atoms with Crippen LogP contribution in [0.2, 0.25) is 0 Å². The molecule has 0 radical (unpaired) electrons. The zero-order valence-electron chi connectivity index (χ0n) is 13.5. The maximum atomic E-state index is 12.4. The molecule has 0 N–H and O–H groups in total. The summed E-state index contributed by atoms with van der Waals surface area (Å²) >= 11 is 0. The number of anilines is 1. The topological polar surface area (TPSA) is 52.6 Å². The number of nitrogens with zero attached hydrogens (tertiary/aromatic N) is 5. The lowest BCUT2D eigenvalue weighted by Gasteiger charge is -2.22. The van der Waals surface area contributed by atoms with Crippen LogP contribution < -0.4 is 4.90 Å². The van der Waals surface area contributed by atoms with Crippen molar-refractivity contribution in [2.75, 3.05) is 51.7 Å². The molecule has 6 nitrogen and oxygen atoms in total. The highest BCUT2D eigenvalue weighted by Crippen LogP contribution is 2.18. The molecule has 120 valence electrons. The second kappa shape index (κ2) is 6.60. The fourth-order valence-electron chi connectivity index (χ4n) is 3.38. The van der Waals surface area contributed by atoms with Gasteiger partial charge in [-0.15, -0.1) is 0 Å². The lowest BCUT2D eigenvalue weighted by Crippen LogP contribution is -2.31. The van der Waals surface area contributed by atoms with Gasteiger partial charge in [-0.25, -0.2) is 4.98 Å². The van der Waals surface area contributed by atoms with E-state index >= 15 is 0 Å². The molecule has 2 aliphatic rings. The quantitative estimate of drug-likeness (QED) is 0.834. The van der Waals surface area contributed by atoms with Gasteiger partial charge < -0.3 is 14.7 Å². The molecule has 0 spiro atoms. The van der Waals surface area contributed by atoms with Crippen LogP contribution >= 0.6 is 0 Å². The minimum Gasteiger partial charge on any atom is -0.358 e. The Morgan fingerprint density at radius 2 is 2.09 bits per heavy atom. The van der Waals surface area contributed by atoms with E-state index in [0.29, 0.717) is 11.6 Å². The molecular formula is C16H25N5O. The van der Waals surface area contributed by atoms with Gasteiger partial charge in [0, 0.05) is 33.2 Å². The lowest BCUT2D eigenvalue weighted by molar-refractivity contribution is 0.0786. The number of amides is 1. The van der Waals surface area contributed by atoms with E-state index in [-0.39, 0.29) is 5.91 Å². The number of carbonyl (C=O) groups is 1. The molecule has 2 saturated heterocycles. The van der Waals surface area contributed by atoms with E-state index in [4.69, 9.17) is 0 Å². The van der Waals surface area contributed by atoms with Gasteiger partial charge in [0.2, 0.25) is 0 Å². The summed E-state index contributed by atoms with van der Waals surface area (Å²) in [5.74, 6) is 1.47. The van der Waals surface area contributed by atoms with E-state index in [9.17, 15) is 4.79 Å². The standard InChI is InChI=1S/C16H25N5O/c1-19-8-5-13(11-19)12-20(2)15-10-17-9-14(18-15)16(22)21-6-3-4-7-21/h9-10,13H,3-8,11-12H2,1-2H3/t13-/m0/s1. The van der Waals surface area contributed by atoms with Crippen LogP contribution in [-0.4, -0.2) is 72.5 Å². The Labute approximate surface area is 132 Å². The normalized spacial score (nSPS) is 22.3. The van der Waals surface area contributed by atoms with Crippen molar-refractivity contribution in [1.82, 2.24) is 19.8 Å². The Morgan fingerprint density at radius 3 is 2.77 bits per heavy atom. The molecule has 3 heterocycles. The van der Waals surface area contributed by atoms with Crippen LogP contribution in [0, 0.1) is 5.92 Å². The molecular weight excluding hydrogens is 278 g/mol. The van der Waals surface area contributed by atoms with Crippen molar-refractivity contribution < 1.29 is 4.79 Å². The van der Waals surface area contributed by atoms with Gasteiger partial charge in [0.1, 0.15) is 11.5 Å². The molecule has 2 fully saturated rings. The first-order chi connectivity index (χ1) is 10.6. The summed E-state index contributed by atoms with van der Waals surface area (Å²) in [6, 6.07) is 0. The lowest BCUT2D eigenvalue weighted by atomic mass is 10.1. The molecule has 0 saturated carbocycles. The Morgan fingerprint density at radius 1 is 1.32 bits per heavy atom. The van der Waals surface area contributed by atoms with E-state index in [1.165, 1.54) is 6.42 Å². The summed E-state index contributed by atoms with van der Waals surface area (Å²) in [6.45, 7) is 4.94. The second-order valence-electron chi connectivity index (χ2n) is 6.56. The van der Waals surface area contributed by atoms with Crippen molar-refractivity contribution in [3.8, 4) is 0 Å². The zero-order valence-corrected chi connectivity index (χ0v) is 13.5. The minimum absolute atomic E-state index is 0.0147. The average Bonchev–Trinajstić information content (AvgIpc) is 3.18. The molecule has 3 rings (SSSR count). The molecule has 0 aliphatic carbocycles. The Bertz CT molecular complexity index is 529. The highest BCUT2D eigenvalue weighted by molar-refractivity contribution is 5.92. The van der Waals surface area contributed by atoms with Crippen molar-refractivity contribution in [2.45, 2.75) is 19.3 Å². The third-order valence-corrected chi connectivity index (χ3v) is 4.65. The van der Waals surface area contributed by atoms with Crippen LogP contribution in [0.4, 0.5) is 5.82 Å². The summed E-state index contributed by atoms with van der Waals surface area (Å²) in [7, 11) is 4.20. The molecule has 6 heteroatoms. The Hall–Kier alpha value is -1.69. The zero-order chi connectivity index (χ0) is 15.5. The predicted octanol–water partition coefficient (Wildman–Crippen LogP) is 1.10. The summed E-state index contributed by atoms with van der Waals surface area (Å²) < 4.78 is 0. The molecule has 1 amide bonds. The summed E-state index contributed by atoms with van der Waals surface area (Å²) in [5, 5.41) is 0. The Kier molecular flexibility index (Phi) is 4.57. The van der Waals surface area contributed by atoms with Crippen molar-refractivity contribution in [3.05, 3.63) is 18.1 Å². The number of hydrogen-bond donors (Lipinski definition) is 0. The number of hydrogen-bond acceptors (Lipinski definition) is 5. The fraction of sp³-hybridized carbons (Fsp3) is 0.688. The maximum Gasteiger partial charge on any atom is 0.274 e. The molecule has 0 unspecified atom stereocenters. The molecule has 1 aromatic heterocycles. The first kappa shape index (κ1) is 15.2. The van der Waals surface area contributed by atoms with Gasteiger partial charge >= 0.3 is 0 Å². The van der Waals surface area contributed by atoms with E-state index in [0.717, 1.165) is 51.4 Å². The summed E-state index contributed by atoms with van der Waals surface area (Å²) in [6.07, 6.45) is 6.74. The third-order valence-electron chi connectivity index (χ3n) is 4.65. The van der Waals surface area contributed by atoms with Gasteiger partial charge in [0.15, 0.2) is 0 Å². The Balaban J connectivity index is 1.66. The van der Waals surface area contributed by atoms with Crippen LogP contribution in [-0.2, 0) is 0 Å². The first-order valence-corrected chi connectivity index (χ1v) is 8.14. The molecule has 1 aromatic rings. The molecule has 0 aromatic carbocycles. The highest BCUT2D eigenvalue weighted by atomic mass is 16.2. The maximum absolute atomic E-state index is 12.4. The molecule has 22 heavy (non-hydrogen) atoms. The van der Waals surface area contributed by atoms with Gasteiger partial charge in [-0.05, 0) is 38.8 Å². The second-order valence-corrected chi connectivity index (χ2v) is 6.56. The summed E-state index contributed by atoms with van der Waals surface area (Å²) in [4.78, 5) is 27.5. The van der Waals surface area contributed by atoms with Gasteiger partial charge in [-0.3, -0.25) is 9.78 Å². The van der Waals surface area contributed by atoms with Crippen LogP contribution in [0.25, 0.3) is 0 Å². The van der Waals surface area contributed by atoms with E-state index in [1.54, 1.807) is 12.4 Å². The van der Waals surface area contributed by atoms with E-state index in [2.05, 4.69) is 26.8 Å². The SMILES string of the molecule is CN1CC[C@H](CN(C)c2cncc(C(=O)N3CCCC3)n2)C1. The van der Waals surface area contributed by atoms with Crippen molar-refractivity contribution >= 4 is 11.7 Å². The molecule has 0 bridgehead atoms. The van der Waals surface area contributed by atoms with Crippen LogP contribution in [0.5, 0.6) is 0 Å². The van der Waals surface area contributed by atoms with Crippen LogP contribution in [0.1, 0.15) is 29.8 Å². The van der Waals surface area contributed by atoms with Crippen molar-refractivity contribution in [3.63, 3.8) is 0 Å². The van der Waals surface area contributed by atoms with Crippen LogP contribution in [0.3, 0.4) is 0 Å². The third kappa shape index (κ3) is 3.38. The highest BCUT2D eigenvalue weighted by Gasteiger charge is 2.23. The summed E-state index contributed by atoms with van der Waals surface area (Å²) in [5.41, 5.74) is 0.467. The number of rotatable bonds is 4. The molecule has 2 aliphatic heterocycles. The largest absolute Gasteiger partial charge is 0.358 e. The van der Waals surface area contributed by atoms with Gasteiger partial charge in [-0.2, -0.15) is 0 Å².